The standard InChI is InChI=1S/C41H34N4O5S2/c1-49-32-21-22-36(50-2)30(23-32)24-34(43-38(46)29-17-10-5-11-18-29)39(47)42-31-19-12-20-33(25-31)52-37(28-15-8-4-9-16-28)40(48)45-41-44-35(26-51-41)27-13-6-3-7-14-27/h3-26,37H,1-2H3,(H,42,47)(H,43,46)(H,44,45,48)/b34-24+. The van der Waals surface area contributed by atoms with Crippen LogP contribution in [0.25, 0.3) is 17.3 Å². The Bertz CT molecular complexity index is 2190. The lowest BCUT2D eigenvalue weighted by Crippen LogP contribution is -2.30. The molecule has 1 heterocycles. The number of hydrogen-bond donors (Lipinski definition) is 3. The Hall–Kier alpha value is -6.17. The minimum Gasteiger partial charge on any atom is -0.497 e. The molecule has 0 aliphatic carbocycles. The SMILES string of the molecule is COc1ccc(OC)c(/C=C(/NC(=O)c2ccccc2)C(=O)Nc2cccc(SC(C(=O)Nc3nc(-c4ccccc4)cs3)c3ccccc3)c2)c1. The van der Waals surface area contributed by atoms with Gasteiger partial charge in [0, 0.05) is 32.7 Å². The van der Waals surface area contributed by atoms with Crippen LogP contribution in [0.15, 0.2) is 149 Å². The van der Waals surface area contributed by atoms with Crippen LogP contribution < -0.4 is 25.4 Å². The molecule has 0 spiro atoms. The van der Waals surface area contributed by atoms with Crippen LogP contribution in [0.2, 0.25) is 0 Å². The molecule has 11 heteroatoms. The zero-order valence-corrected chi connectivity index (χ0v) is 29.9. The summed E-state index contributed by atoms with van der Waals surface area (Å²) in [5.41, 5.74) is 3.92. The molecule has 5 aromatic carbocycles. The second kappa shape index (κ2) is 17.2. The predicted molar refractivity (Wildman–Crippen MR) is 208 cm³/mol. The molecule has 0 saturated carbocycles. The van der Waals surface area contributed by atoms with Gasteiger partial charge in [0.2, 0.25) is 5.91 Å². The smallest absolute Gasteiger partial charge is 0.272 e. The summed E-state index contributed by atoms with van der Waals surface area (Å²) in [6, 6.07) is 40.2. The van der Waals surface area contributed by atoms with Crippen molar-refractivity contribution in [2.24, 2.45) is 0 Å². The van der Waals surface area contributed by atoms with E-state index in [2.05, 4.69) is 20.9 Å². The number of benzene rings is 5. The molecule has 1 aromatic heterocycles. The molecule has 0 aliphatic rings. The third-order valence-corrected chi connectivity index (χ3v) is 9.76. The molecule has 1 unspecified atom stereocenters. The van der Waals surface area contributed by atoms with Crippen molar-refractivity contribution >= 4 is 57.7 Å². The highest BCUT2D eigenvalue weighted by Crippen LogP contribution is 2.38. The van der Waals surface area contributed by atoms with Crippen molar-refractivity contribution in [1.82, 2.24) is 10.3 Å². The largest absolute Gasteiger partial charge is 0.497 e. The molecule has 0 radical (unpaired) electrons. The van der Waals surface area contributed by atoms with Gasteiger partial charge in [0.1, 0.15) is 22.4 Å². The summed E-state index contributed by atoms with van der Waals surface area (Å²) < 4.78 is 10.9. The molecule has 6 aromatic rings. The number of amides is 3. The van der Waals surface area contributed by atoms with Crippen LogP contribution in [0, 0.1) is 0 Å². The van der Waals surface area contributed by atoms with E-state index in [9.17, 15) is 14.4 Å². The van der Waals surface area contributed by atoms with Crippen LogP contribution in [0.5, 0.6) is 11.5 Å². The van der Waals surface area contributed by atoms with E-state index in [0.29, 0.717) is 33.4 Å². The quantitative estimate of drug-likeness (QED) is 0.0805. The van der Waals surface area contributed by atoms with E-state index in [1.165, 1.54) is 43.4 Å². The van der Waals surface area contributed by atoms with Gasteiger partial charge < -0.3 is 25.4 Å². The summed E-state index contributed by atoms with van der Waals surface area (Å²) >= 11 is 2.70. The second-order valence-electron chi connectivity index (χ2n) is 11.3. The average Bonchev–Trinajstić information content (AvgIpc) is 3.66. The Kier molecular flexibility index (Phi) is 11.8. The first-order chi connectivity index (χ1) is 25.4. The van der Waals surface area contributed by atoms with Crippen LogP contribution in [0.3, 0.4) is 0 Å². The van der Waals surface area contributed by atoms with Gasteiger partial charge >= 0.3 is 0 Å². The van der Waals surface area contributed by atoms with Gasteiger partial charge in [-0.1, -0.05) is 84.9 Å². The maximum atomic E-state index is 13.9. The van der Waals surface area contributed by atoms with Gasteiger partial charge in [-0.3, -0.25) is 14.4 Å². The number of thioether (sulfide) groups is 1. The number of methoxy groups -OCH3 is 2. The second-order valence-corrected chi connectivity index (χ2v) is 13.3. The first-order valence-electron chi connectivity index (χ1n) is 16.1. The number of rotatable bonds is 13. The maximum Gasteiger partial charge on any atom is 0.272 e. The number of carbonyl (C=O) groups excluding carboxylic acids is 3. The summed E-state index contributed by atoms with van der Waals surface area (Å²) in [7, 11) is 3.06. The first kappa shape index (κ1) is 35.6. The summed E-state index contributed by atoms with van der Waals surface area (Å²) in [4.78, 5) is 46.3. The van der Waals surface area contributed by atoms with E-state index in [1.807, 2.05) is 72.1 Å². The molecule has 1 atom stereocenters. The molecule has 260 valence electrons. The topological polar surface area (TPSA) is 119 Å². The molecule has 9 nitrogen and oxygen atoms in total. The van der Waals surface area contributed by atoms with Gasteiger partial charge in [0.15, 0.2) is 5.13 Å². The highest BCUT2D eigenvalue weighted by Gasteiger charge is 2.24. The van der Waals surface area contributed by atoms with Gasteiger partial charge in [-0.15, -0.1) is 23.1 Å². The van der Waals surface area contributed by atoms with Crippen molar-refractivity contribution < 1.29 is 23.9 Å². The molecule has 0 fully saturated rings. The van der Waals surface area contributed by atoms with E-state index >= 15 is 0 Å². The van der Waals surface area contributed by atoms with Crippen molar-refractivity contribution in [3.8, 4) is 22.8 Å². The van der Waals surface area contributed by atoms with Crippen LogP contribution in [0.1, 0.15) is 26.7 Å². The third-order valence-electron chi connectivity index (χ3n) is 7.76. The molecule has 3 N–H and O–H groups in total. The molecular weight excluding hydrogens is 693 g/mol. The normalized spacial score (nSPS) is 11.6. The lowest BCUT2D eigenvalue weighted by atomic mass is 10.1. The van der Waals surface area contributed by atoms with Crippen molar-refractivity contribution in [3.63, 3.8) is 0 Å². The highest BCUT2D eigenvalue weighted by atomic mass is 32.2. The molecule has 0 saturated heterocycles. The van der Waals surface area contributed by atoms with Crippen molar-refractivity contribution in [2.75, 3.05) is 24.9 Å². The number of ether oxygens (including phenoxy) is 2. The number of aromatic nitrogens is 1. The van der Waals surface area contributed by atoms with E-state index in [-0.39, 0.29) is 11.6 Å². The van der Waals surface area contributed by atoms with Crippen LogP contribution in [-0.2, 0) is 9.59 Å². The Morgan fingerprint density at radius 3 is 2.19 bits per heavy atom. The fraction of sp³-hybridized carbons (Fsp3) is 0.0732. The lowest BCUT2D eigenvalue weighted by Gasteiger charge is -2.17. The number of hydrogen-bond acceptors (Lipinski definition) is 8. The molecule has 0 bridgehead atoms. The maximum absolute atomic E-state index is 13.9. The molecule has 6 rings (SSSR count). The van der Waals surface area contributed by atoms with Gasteiger partial charge in [0.05, 0.1) is 19.9 Å². The molecule has 3 amide bonds. The van der Waals surface area contributed by atoms with E-state index in [4.69, 9.17) is 9.47 Å². The van der Waals surface area contributed by atoms with Crippen LogP contribution >= 0.6 is 23.1 Å². The minimum atomic E-state index is -0.627. The zero-order valence-electron chi connectivity index (χ0n) is 28.2. The van der Waals surface area contributed by atoms with Gasteiger partial charge in [-0.2, -0.15) is 0 Å². The number of nitrogens with one attached hydrogen (secondary N) is 3. The Morgan fingerprint density at radius 1 is 0.769 bits per heavy atom. The predicted octanol–water partition coefficient (Wildman–Crippen LogP) is 8.71. The lowest BCUT2D eigenvalue weighted by molar-refractivity contribution is -0.116. The zero-order chi connectivity index (χ0) is 36.3. The third kappa shape index (κ3) is 9.13. The number of nitrogens with zero attached hydrogens (tertiary/aromatic N) is 1. The number of carbonyl (C=O) groups is 3. The summed E-state index contributed by atoms with van der Waals surface area (Å²) in [5, 5.41) is 10.4. The van der Waals surface area contributed by atoms with E-state index in [1.54, 1.807) is 66.7 Å². The summed E-state index contributed by atoms with van der Waals surface area (Å²) in [6.07, 6.45) is 1.54. The molecular formula is C41H34N4O5S2. The summed E-state index contributed by atoms with van der Waals surface area (Å²) in [6.45, 7) is 0. The van der Waals surface area contributed by atoms with Crippen molar-refractivity contribution in [3.05, 3.63) is 161 Å². The first-order valence-corrected chi connectivity index (χ1v) is 17.9. The Labute approximate surface area is 309 Å². The van der Waals surface area contributed by atoms with Gasteiger partial charge in [-0.05, 0) is 60.2 Å². The van der Waals surface area contributed by atoms with Crippen LogP contribution in [-0.4, -0.2) is 36.9 Å². The van der Waals surface area contributed by atoms with E-state index < -0.39 is 17.1 Å². The fourth-order valence-corrected chi connectivity index (χ4v) is 6.98. The molecule has 52 heavy (non-hydrogen) atoms. The van der Waals surface area contributed by atoms with Crippen LogP contribution in [0.4, 0.5) is 10.8 Å². The average molecular weight is 727 g/mol. The fourth-order valence-electron chi connectivity index (χ4n) is 5.18. The molecule has 0 aliphatic heterocycles. The number of thiazole rings is 1. The van der Waals surface area contributed by atoms with Gasteiger partial charge in [0.25, 0.3) is 11.8 Å². The van der Waals surface area contributed by atoms with Gasteiger partial charge in [-0.25, -0.2) is 4.98 Å². The van der Waals surface area contributed by atoms with Crippen molar-refractivity contribution in [2.45, 2.75) is 10.1 Å². The Morgan fingerprint density at radius 2 is 1.48 bits per heavy atom. The number of anilines is 2. The Balaban J connectivity index is 1.24. The summed E-state index contributed by atoms with van der Waals surface area (Å²) in [5.74, 6) is -0.222. The monoisotopic (exact) mass is 726 g/mol. The van der Waals surface area contributed by atoms with E-state index in [0.717, 1.165) is 21.7 Å². The minimum absolute atomic E-state index is 0.0154. The van der Waals surface area contributed by atoms with Crippen molar-refractivity contribution in [1.29, 1.82) is 0 Å². The highest BCUT2D eigenvalue weighted by molar-refractivity contribution is 8.00.